The van der Waals surface area contributed by atoms with Crippen LogP contribution in [0.5, 0.6) is 0 Å². The van der Waals surface area contributed by atoms with E-state index in [0.29, 0.717) is 5.82 Å². The molecule has 0 aliphatic heterocycles. The van der Waals surface area contributed by atoms with Crippen molar-refractivity contribution in [3.05, 3.63) is 53.1 Å². The highest BCUT2D eigenvalue weighted by Gasteiger charge is 2.24. The summed E-state index contributed by atoms with van der Waals surface area (Å²) in [4.78, 5) is 19.9. The van der Waals surface area contributed by atoms with Crippen LogP contribution in [-0.2, 0) is 4.74 Å². The molecule has 1 unspecified atom stereocenters. The van der Waals surface area contributed by atoms with Crippen molar-refractivity contribution >= 4 is 6.09 Å². The van der Waals surface area contributed by atoms with Gasteiger partial charge in [0.2, 0.25) is 0 Å². The van der Waals surface area contributed by atoms with E-state index in [9.17, 15) is 4.79 Å². The Morgan fingerprint density at radius 3 is 2.36 bits per heavy atom. The molecule has 118 valence electrons. The molecule has 0 bridgehead atoms. The largest absolute Gasteiger partial charge is 0.444 e. The number of nitrogens with one attached hydrogen (secondary N) is 2. The molecule has 22 heavy (non-hydrogen) atoms. The molecular formula is C17H23N3O2. The molecule has 0 fully saturated rings. The fourth-order valence-electron chi connectivity index (χ4n) is 2.09. The van der Waals surface area contributed by atoms with E-state index >= 15 is 0 Å². The minimum absolute atomic E-state index is 0.372. The summed E-state index contributed by atoms with van der Waals surface area (Å²) in [6, 6.07) is 9.34. The van der Waals surface area contributed by atoms with Crippen LogP contribution in [0, 0.1) is 13.8 Å². The first-order chi connectivity index (χ1) is 10.3. The molecular weight excluding hydrogens is 278 g/mol. The number of aromatic amines is 1. The second-order valence-electron chi connectivity index (χ2n) is 6.32. The van der Waals surface area contributed by atoms with Gasteiger partial charge in [-0.3, -0.25) is 0 Å². The van der Waals surface area contributed by atoms with E-state index in [4.69, 9.17) is 4.74 Å². The summed E-state index contributed by atoms with van der Waals surface area (Å²) in [5, 5.41) is 2.89. The number of carbonyl (C=O) groups is 1. The molecule has 2 rings (SSSR count). The Bertz CT molecular complexity index is 622. The highest BCUT2D eigenvalue weighted by Crippen LogP contribution is 2.21. The van der Waals surface area contributed by atoms with Crippen molar-refractivity contribution in [3.8, 4) is 0 Å². The Labute approximate surface area is 131 Å². The second kappa shape index (κ2) is 6.22. The Morgan fingerprint density at radius 2 is 1.86 bits per heavy atom. The second-order valence-corrected chi connectivity index (χ2v) is 6.32. The number of amides is 1. The van der Waals surface area contributed by atoms with Crippen molar-refractivity contribution < 1.29 is 9.53 Å². The molecule has 2 N–H and O–H groups in total. The Kier molecular flexibility index (Phi) is 4.54. The monoisotopic (exact) mass is 301 g/mol. The summed E-state index contributed by atoms with van der Waals surface area (Å²) < 4.78 is 5.36. The lowest BCUT2D eigenvalue weighted by atomic mass is 10.1. The number of ether oxygens (including phenoxy) is 1. The molecule has 1 aromatic carbocycles. The number of benzene rings is 1. The molecule has 2 aromatic rings. The fraction of sp³-hybridized carbons (Fsp3) is 0.412. The molecule has 0 saturated carbocycles. The van der Waals surface area contributed by atoms with Gasteiger partial charge in [0.05, 0.1) is 5.69 Å². The number of alkyl carbamates (subject to hydrolysis) is 1. The van der Waals surface area contributed by atoms with Crippen LogP contribution < -0.4 is 5.32 Å². The van der Waals surface area contributed by atoms with Crippen molar-refractivity contribution in [1.29, 1.82) is 0 Å². The Morgan fingerprint density at radius 1 is 1.23 bits per heavy atom. The number of nitrogens with zero attached hydrogens (tertiary/aromatic N) is 1. The van der Waals surface area contributed by atoms with Crippen LogP contribution in [0.15, 0.2) is 30.3 Å². The maximum Gasteiger partial charge on any atom is 0.408 e. The molecule has 1 amide bonds. The molecule has 0 aliphatic carbocycles. The molecule has 1 heterocycles. The number of hydrogen-bond acceptors (Lipinski definition) is 3. The first-order valence-electron chi connectivity index (χ1n) is 7.34. The highest BCUT2D eigenvalue weighted by molar-refractivity contribution is 5.69. The summed E-state index contributed by atoms with van der Waals surface area (Å²) in [6.07, 6.45) is -0.465. The number of rotatable bonds is 3. The Balaban J connectivity index is 2.29. The van der Waals surface area contributed by atoms with Crippen molar-refractivity contribution in [1.82, 2.24) is 15.3 Å². The van der Waals surface area contributed by atoms with E-state index in [2.05, 4.69) is 15.3 Å². The van der Waals surface area contributed by atoms with Gasteiger partial charge in [-0.2, -0.15) is 0 Å². The zero-order valence-corrected chi connectivity index (χ0v) is 13.7. The molecule has 1 atom stereocenters. The molecule has 1 aromatic heterocycles. The number of H-pyrrole nitrogens is 1. The van der Waals surface area contributed by atoms with E-state index in [1.807, 2.05) is 65.0 Å². The van der Waals surface area contributed by atoms with Crippen LogP contribution in [0.4, 0.5) is 4.79 Å². The maximum absolute atomic E-state index is 12.1. The van der Waals surface area contributed by atoms with Crippen LogP contribution in [-0.4, -0.2) is 21.7 Å². The number of hydrogen-bond donors (Lipinski definition) is 2. The van der Waals surface area contributed by atoms with Gasteiger partial charge in [-0.15, -0.1) is 0 Å². The van der Waals surface area contributed by atoms with E-state index in [-0.39, 0.29) is 6.04 Å². The lowest BCUT2D eigenvalue weighted by molar-refractivity contribution is 0.0510. The summed E-state index contributed by atoms with van der Waals surface area (Å²) in [6.45, 7) is 9.41. The predicted octanol–water partition coefficient (Wildman–Crippen LogP) is 3.64. The molecule has 5 nitrogen and oxygen atoms in total. The number of aryl methyl sites for hydroxylation is 2. The van der Waals surface area contributed by atoms with E-state index < -0.39 is 11.7 Å². The predicted molar refractivity (Wildman–Crippen MR) is 85.7 cm³/mol. The first-order valence-corrected chi connectivity index (χ1v) is 7.34. The zero-order valence-electron chi connectivity index (χ0n) is 13.7. The standard InChI is InChI=1S/C17H23N3O2/c1-11-12(2)19-15(18-11)14(13-9-7-6-8-10-13)20-16(21)22-17(3,4)5/h6-10,14H,1-5H3,(H,18,19)(H,20,21). The fourth-order valence-corrected chi connectivity index (χ4v) is 2.09. The average molecular weight is 301 g/mol. The van der Waals surface area contributed by atoms with Gasteiger partial charge in [0.25, 0.3) is 0 Å². The van der Waals surface area contributed by atoms with Crippen LogP contribution in [0.2, 0.25) is 0 Å². The van der Waals surface area contributed by atoms with Gasteiger partial charge < -0.3 is 15.0 Å². The topological polar surface area (TPSA) is 67.0 Å². The minimum Gasteiger partial charge on any atom is -0.444 e. The zero-order chi connectivity index (χ0) is 16.3. The van der Waals surface area contributed by atoms with Crippen LogP contribution >= 0.6 is 0 Å². The van der Waals surface area contributed by atoms with Crippen molar-refractivity contribution in [3.63, 3.8) is 0 Å². The summed E-state index contributed by atoms with van der Waals surface area (Å²) >= 11 is 0. The normalized spacial score (nSPS) is 12.8. The summed E-state index contributed by atoms with van der Waals surface area (Å²) in [5.41, 5.74) is 2.31. The van der Waals surface area contributed by atoms with Crippen LogP contribution in [0.1, 0.15) is 49.6 Å². The molecule has 5 heteroatoms. The van der Waals surface area contributed by atoms with Crippen molar-refractivity contribution in [2.75, 3.05) is 0 Å². The van der Waals surface area contributed by atoms with Crippen LogP contribution in [0.25, 0.3) is 0 Å². The van der Waals surface area contributed by atoms with Gasteiger partial charge in [0.15, 0.2) is 0 Å². The lowest BCUT2D eigenvalue weighted by Crippen LogP contribution is -2.35. The van der Waals surface area contributed by atoms with Crippen LogP contribution in [0.3, 0.4) is 0 Å². The van der Waals surface area contributed by atoms with E-state index in [0.717, 1.165) is 17.0 Å². The quantitative estimate of drug-likeness (QED) is 0.909. The number of aromatic nitrogens is 2. The molecule has 0 saturated heterocycles. The van der Waals surface area contributed by atoms with E-state index in [1.54, 1.807) is 0 Å². The molecule has 0 radical (unpaired) electrons. The third kappa shape index (κ3) is 4.10. The van der Waals surface area contributed by atoms with Gasteiger partial charge in [-0.25, -0.2) is 9.78 Å². The minimum atomic E-state index is -0.541. The smallest absolute Gasteiger partial charge is 0.408 e. The average Bonchev–Trinajstić information content (AvgIpc) is 2.75. The molecule has 0 spiro atoms. The first kappa shape index (κ1) is 16.1. The SMILES string of the molecule is Cc1nc(C(NC(=O)OC(C)(C)C)c2ccccc2)[nH]c1C. The van der Waals surface area contributed by atoms with Crippen molar-refractivity contribution in [2.45, 2.75) is 46.3 Å². The highest BCUT2D eigenvalue weighted by atomic mass is 16.6. The third-order valence-electron chi connectivity index (χ3n) is 3.21. The number of imidazole rings is 1. The van der Waals surface area contributed by atoms with Gasteiger partial charge in [0.1, 0.15) is 17.5 Å². The Hall–Kier alpha value is -2.30. The van der Waals surface area contributed by atoms with Gasteiger partial charge in [0, 0.05) is 5.69 Å². The van der Waals surface area contributed by atoms with Crippen molar-refractivity contribution in [2.24, 2.45) is 0 Å². The summed E-state index contributed by atoms with van der Waals surface area (Å²) in [7, 11) is 0. The van der Waals surface area contributed by atoms with Gasteiger partial charge in [-0.1, -0.05) is 30.3 Å². The third-order valence-corrected chi connectivity index (χ3v) is 3.21. The summed E-state index contributed by atoms with van der Waals surface area (Å²) in [5.74, 6) is 0.701. The lowest BCUT2D eigenvalue weighted by Gasteiger charge is -2.23. The van der Waals surface area contributed by atoms with E-state index in [1.165, 1.54) is 0 Å². The molecule has 0 aliphatic rings. The van der Waals surface area contributed by atoms with Gasteiger partial charge >= 0.3 is 6.09 Å². The number of carbonyl (C=O) groups excluding carboxylic acids is 1. The van der Waals surface area contributed by atoms with Gasteiger partial charge in [-0.05, 0) is 40.2 Å². The maximum atomic E-state index is 12.1.